The van der Waals surface area contributed by atoms with Crippen LogP contribution in [-0.4, -0.2) is 51.4 Å². The minimum atomic E-state index is -0.0265. The highest BCUT2D eigenvalue weighted by Gasteiger charge is 2.26. The van der Waals surface area contributed by atoms with Crippen molar-refractivity contribution in [1.29, 1.82) is 0 Å². The van der Waals surface area contributed by atoms with E-state index in [9.17, 15) is 0 Å². The number of rotatable bonds is 4. The van der Waals surface area contributed by atoms with Crippen LogP contribution in [0.4, 0.5) is 5.82 Å². The number of anilines is 1. The lowest BCUT2D eigenvalue weighted by Gasteiger charge is -2.33. The number of methoxy groups -OCH3 is 1. The molecule has 0 N–H and O–H groups in total. The molecular formula is C14H16N6O2S. The average molecular weight is 332 g/mol. The van der Waals surface area contributed by atoms with Crippen LogP contribution in [-0.2, 0) is 16.1 Å². The molecule has 1 aliphatic rings. The van der Waals surface area contributed by atoms with Gasteiger partial charge in [-0.15, -0.1) is 11.3 Å². The van der Waals surface area contributed by atoms with Crippen LogP contribution in [0.5, 0.6) is 0 Å². The highest BCUT2D eigenvalue weighted by Crippen LogP contribution is 2.27. The van der Waals surface area contributed by atoms with E-state index in [1.807, 2.05) is 11.4 Å². The van der Waals surface area contributed by atoms with Crippen molar-refractivity contribution in [1.82, 2.24) is 24.6 Å². The van der Waals surface area contributed by atoms with Crippen LogP contribution in [0.1, 0.15) is 16.8 Å². The minimum absolute atomic E-state index is 0.0265. The van der Waals surface area contributed by atoms with Crippen LogP contribution >= 0.6 is 11.3 Å². The third-order valence-electron chi connectivity index (χ3n) is 3.70. The third-order valence-corrected chi connectivity index (χ3v) is 4.56. The van der Waals surface area contributed by atoms with Crippen molar-refractivity contribution in [3.63, 3.8) is 0 Å². The smallest absolute Gasteiger partial charge is 0.254 e. The standard InChI is InChI=1S/C14H16N6O2S/c1-21-8-10-6-12(20-14(18-10)16-9-17-20)19-3-4-22-11(7-19)13-15-2-5-23-13/h2,5-6,9,11H,3-4,7-8H2,1H3. The number of morpholine rings is 1. The number of thiazole rings is 1. The first-order chi connectivity index (χ1) is 11.3. The van der Waals surface area contributed by atoms with Gasteiger partial charge in [-0.05, 0) is 0 Å². The summed E-state index contributed by atoms with van der Waals surface area (Å²) in [6.07, 6.45) is 3.30. The van der Waals surface area contributed by atoms with Crippen molar-refractivity contribution >= 4 is 22.9 Å². The Morgan fingerprint density at radius 3 is 3.22 bits per heavy atom. The Morgan fingerprint density at radius 1 is 1.43 bits per heavy atom. The molecule has 0 saturated carbocycles. The van der Waals surface area contributed by atoms with Crippen molar-refractivity contribution < 1.29 is 9.47 Å². The van der Waals surface area contributed by atoms with Crippen LogP contribution in [0.3, 0.4) is 0 Å². The molecular weight excluding hydrogens is 316 g/mol. The Hall–Kier alpha value is -2.10. The summed E-state index contributed by atoms with van der Waals surface area (Å²) in [6, 6.07) is 2.00. The molecule has 9 heteroatoms. The first-order valence-electron chi connectivity index (χ1n) is 7.29. The first kappa shape index (κ1) is 14.5. The highest BCUT2D eigenvalue weighted by molar-refractivity contribution is 7.09. The Labute approximate surface area is 136 Å². The summed E-state index contributed by atoms with van der Waals surface area (Å²) in [7, 11) is 1.66. The molecule has 3 aromatic heterocycles. The Morgan fingerprint density at radius 2 is 2.39 bits per heavy atom. The number of aromatic nitrogens is 5. The molecule has 4 heterocycles. The second-order valence-corrected chi connectivity index (χ2v) is 6.11. The fourth-order valence-electron chi connectivity index (χ4n) is 2.69. The maximum Gasteiger partial charge on any atom is 0.254 e. The fraction of sp³-hybridized carbons (Fsp3) is 0.429. The molecule has 4 rings (SSSR count). The molecule has 1 fully saturated rings. The van der Waals surface area contributed by atoms with Crippen molar-refractivity contribution in [2.45, 2.75) is 12.7 Å². The highest BCUT2D eigenvalue weighted by atomic mass is 32.1. The quantitative estimate of drug-likeness (QED) is 0.713. The third kappa shape index (κ3) is 2.78. The van der Waals surface area contributed by atoms with Gasteiger partial charge in [0.2, 0.25) is 0 Å². The summed E-state index contributed by atoms with van der Waals surface area (Å²) in [6.45, 7) is 2.59. The topological polar surface area (TPSA) is 77.7 Å². The maximum atomic E-state index is 5.87. The lowest BCUT2D eigenvalue weighted by atomic mass is 10.2. The maximum absolute atomic E-state index is 5.87. The molecule has 0 spiro atoms. The summed E-state index contributed by atoms with van der Waals surface area (Å²) >= 11 is 1.61. The molecule has 1 unspecified atom stereocenters. The molecule has 0 aliphatic carbocycles. The van der Waals surface area contributed by atoms with Gasteiger partial charge in [0, 0.05) is 31.3 Å². The van der Waals surface area contributed by atoms with E-state index in [2.05, 4.69) is 25.0 Å². The number of ether oxygens (including phenoxy) is 2. The molecule has 120 valence electrons. The van der Waals surface area contributed by atoms with E-state index in [1.54, 1.807) is 29.2 Å². The van der Waals surface area contributed by atoms with Crippen LogP contribution in [0.15, 0.2) is 24.0 Å². The Bertz CT molecular complexity index is 790. The first-order valence-corrected chi connectivity index (χ1v) is 8.17. The van der Waals surface area contributed by atoms with Crippen LogP contribution in [0.2, 0.25) is 0 Å². The van der Waals surface area contributed by atoms with Crippen LogP contribution in [0, 0.1) is 0 Å². The molecule has 0 aromatic carbocycles. The van der Waals surface area contributed by atoms with E-state index in [0.29, 0.717) is 19.0 Å². The van der Waals surface area contributed by atoms with Gasteiger partial charge in [-0.2, -0.15) is 14.6 Å². The number of hydrogen-bond donors (Lipinski definition) is 0. The van der Waals surface area contributed by atoms with Gasteiger partial charge in [0.05, 0.1) is 25.5 Å². The monoisotopic (exact) mass is 332 g/mol. The number of hydrogen-bond acceptors (Lipinski definition) is 8. The predicted molar refractivity (Wildman–Crippen MR) is 84.5 cm³/mol. The summed E-state index contributed by atoms with van der Waals surface area (Å²) < 4.78 is 12.8. The van der Waals surface area contributed by atoms with E-state index in [-0.39, 0.29) is 6.10 Å². The zero-order valence-corrected chi connectivity index (χ0v) is 13.4. The zero-order chi connectivity index (χ0) is 15.6. The number of nitrogens with zero attached hydrogens (tertiary/aromatic N) is 6. The molecule has 23 heavy (non-hydrogen) atoms. The van der Waals surface area contributed by atoms with Gasteiger partial charge >= 0.3 is 0 Å². The lowest BCUT2D eigenvalue weighted by Crippen LogP contribution is -2.39. The molecule has 0 bridgehead atoms. The van der Waals surface area contributed by atoms with Gasteiger partial charge in [-0.3, -0.25) is 0 Å². The van der Waals surface area contributed by atoms with E-state index >= 15 is 0 Å². The Kier molecular flexibility index (Phi) is 3.90. The van der Waals surface area contributed by atoms with Crippen molar-refractivity contribution in [3.05, 3.63) is 34.7 Å². The van der Waals surface area contributed by atoms with E-state index < -0.39 is 0 Å². The van der Waals surface area contributed by atoms with Gasteiger partial charge in [0.1, 0.15) is 23.3 Å². The van der Waals surface area contributed by atoms with Gasteiger partial charge in [0.15, 0.2) is 0 Å². The predicted octanol–water partition coefficient (Wildman–Crippen LogP) is 1.31. The van der Waals surface area contributed by atoms with Gasteiger partial charge < -0.3 is 14.4 Å². The molecule has 0 amide bonds. The van der Waals surface area contributed by atoms with Crippen molar-refractivity contribution in [2.24, 2.45) is 0 Å². The van der Waals surface area contributed by atoms with Gasteiger partial charge in [-0.1, -0.05) is 0 Å². The molecule has 8 nitrogen and oxygen atoms in total. The van der Waals surface area contributed by atoms with E-state index in [0.717, 1.165) is 29.6 Å². The zero-order valence-electron chi connectivity index (χ0n) is 12.6. The van der Waals surface area contributed by atoms with Gasteiger partial charge in [0.25, 0.3) is 5.78 Å². The van der Waals surface area contributed by atoms with Crippen molar-refractivity contribution in [2.75, 3.05) is 31.7 Å². The fourth-order valence-corrected chi connectivity index (χ4v) is 3.37. The second kappa shape index (κ2) is 6.19. The lowest BCUT2D eigenvalue weighted by molar-refractivity contribution is 0.0392. The molecule has 3 aromatic rings. The van der Waals surface area contributed by atoms with Gasteiger partial charge in [-0.25, -0.2) is 9.97 Å². The largest absolute Gasteiger partial charge is 0.378 e. The SMILES string of the molecule is COCc1cc(N2CCOC(c3nccs3)C2)n2ncnc2n1. The molecule has 1 saturated heterocycles. The molecule has 0 radical (unpaired) electrons. The minimum Gasteiger partial charge on any atom is -0.378 e. The second-order valence-electron chi connectivity index (χ2n) is 5.19. The number of fused-ring (bicyclic) bond motifs is 1. The molecule has 1 aliphatic heterocycles. The average Bonchev–Trinajstić information content (AvgIpc) is 3.26. The normalized spacial score (nSPS) is 18.7. The van der Waals surface area contributed by atoms with E-state index in [1.165, 1.54) is 6.33 Å². The summed E-state index contributed by atoms with van der Waals surface area (Å²) in [5.41, 5.74) is 0.834. The van der Waals surface area contributed by atoms with Crippen LogP contribution in [0.25, 0.3) is 5.78 Å². The summed E-state index contributed by atoms with van der Waals surface area (Å²) in [5.74, 6) is 1.52. The molecule has 1 atom stereocenters. The summed E-state index contributed by atoms with van der Waals surface area (Å²) in [4.78, 5) is 15.2. The van der Waals surface area contributed by atoms with Crippen LogP contribution < -0.4 is 4.90 Å². The summed E-state index contributed by atoms with van der Waals surface area (Å²) in [5, 5.41) is 7.25. The van der Waals surface area contributed by atoms with Crippen molar-refractivity contribution in [3.8, 4) is 0 Å². The Balaban J connectivity index is 1.68. The van der Waals surface area contributed by atoms with E-state index in [4.69, 9.17) is 9.47 Å².